The van der Waals surface area contributed by atoms with Crippen molar-refractivity contribution in [1.29, 1.82) is 0 Å². The Bertz CT molecular complexity index is 1290. The fourth-order valence-electron chi connectivity index (χ4n) is 6.44. The SMILES string of the molecule is C.CC(=C(c1c(C)c(C)c(C)c(C)c1C)c1c(C)c(C)c(C)c(C)c1C)c1c(C)c(C)c(C)c(C)c1C. The van der Waals surface area contributed by atoms with Crippen LogP contribution in [0.25, 0.3) is 11.1 Å². The molecule has 200 valence electrons. The average molecular weight is 497 g/mol. The molecule has 0 fully saturated rings. The molecule has 3 rings (SSSR count). The minimum Gasteiger partial charge on any atom is -0.0776 e. The summed E-state index contributed by atoms with van der Waals surface area (Å²) in [6.45, 7) is 37.0. The van der Waals surface area contributed by atoms with Crippen LogP contribution in [0, 0.1) is 104 Å². The van der Waals surface area contributed by atoms with Crippen molar-refractivity contribution in [2.24, 2.45) is 0 Å². The maximum Gasteiger partial charge on any atom is -0.00649 e. The van der Waals surface area contributed by atoms with Crippen molar-refractivity contribution >= 4 is 11.1 Å². The summed E-state index contributed by atoms with van der Waals surface area (Å²) in [7, 11) is 0. The van der Waals surface area contributed by atoms with Gasteiger partial charge in [-0.25, -0.2) is 0 Å². The van der Waals surface area contributed by atoms with E-state index >= 15 is 0 Å². The second kappa shape index (κ2) is 10.6. The first-order chi connectivity index (χ1) is 16.6. The predicted octanol–water partition coefficient (Wildman–Crippen LogP) is 10.9. The first kappa shape index (κ1) is 30.6. The Hall–Kier alpha value is -2.60. The molecule has 0 nitrogen and oxygen atoms in total. The van der Waals surface area contributed by atoms with Gasteiger partial charge in [0, 0.05) is 0 Å². The van der Waals surface area contributed by atoms with Gasteiger partial charge in [-0.05, 0) is 222 Å². The molecule has 0 radical (unpaired) electrons. The first-order valence-corrected chi connectivity index (χ1v) is 13.5. The summed E-state index contributed by atoms with van der Waals surface area (Å²) in [6, 6.07) is 0. The highest BCUT2D eigenvalue weighted by molar-refractivity contribution is 6.03. The lowest BCUT2D eigenvalue weighted by Gasteiger charge is -2.29. The van der Waals surface area contributed by atoms with Crippen LogP contribution in [0.15, 0.2) is 0 Å². The molecule has 0 bridgehead atoms. The number of hydrogen-bond acceptors (Lipinski definition) is 0. The third-order valence-corrected chi connectivity index (χ3v) is 10.2. The van der Waals surface area contributed by atoms with E-state index in [4.69, 9.17) is 0 Å². The minimum absolute atomic E-state index is 0. The maximum atomic E-state index is 2.38. The van der Waals surface area contributed by atoms with Crippen LogP contribution in [-0.2, 0) is 0 Å². The molecule has 3 aromatic rings. The largest absolute Gasteiger partial charge is 0.0776 e. The summed E-state index contributed by atoms with van der Waals surface area (Å²) in [5, 5.41) is 0. The van der Waals surface area contributed by atoms with Crippen molar-refractivity contribution in [1.82, 2.24) is 0 Å². The number of rotatable bonds is 3. The van der Waals surface area contributed by atoms with Crippen molar-refractivity contribution < 1.29 is 0 Å². The van der Waals surface area contributed by atoms with Crippen LogP contribution in [-0.4, -0.2) is 0 Å². The van der Waals surface area contributed by atoms with Gasteiger partial charge in [0.2, 0.25) is 0 Å². The lowest BCUT2D eigenvalue weighted by atomic mass is 9.75. The third-order valence-electron chi connectivity index (χ3n) is 10.2. The van der Waals surface area contributed by atoms with E-state index in [1.807, 2.05) is 0 Å². The first-order valence-electron chi connectivity index (χ1n) is 13.5. The zero-order valence-corrected chi connectivity index (χ0v) is 26.0. The number of hydrogen-bond donors (Lipinski definition) is 0. The molecule has 0 heterocycles. The molecule has 0 saturated heterocycles. The fraction of sp³-hybridized carbons (Fsp3) is 0.459. The average Bonchev–Trinajstić information content (AvgIpc) is 2.85. The smallest absolute Gasteiger partial charge is 0.00649 e. The maximum absolute atomic E-state index is 2.38. The van der Waals surface area contributed by atoms with Gasteiger partial charge in [0.15, 0.2) is 0 Å². The Kier molecular flexibility index (Phi) is 8.81. The zero-order valence-electron chi connectivity index (χ0n) is 26.0. The summed E-state index contributed by atoms with van der Waals surface area (Å²) in [5.41, 5.74) is 28.3. The van der Waals surface area contributed by atoms with Crippen LogP contribution < -0.4 is 0 Å². The molecule has 0 heteroatoms. The van der Waals surface area contributed by atoms with E-state index in [-0.39, 0.29) is 7.43 Å². The van der Waals surface area contributed by atoms with Gasteiger partial charge >= 0.3 is 0 Å². The standard InChI is InChI=1S/C36H48.CH4/c1-17-20(4)26(10)33(27(11)21(17)5)32(16)36(34-28(12)22(6)18(2)23(7)29(34)13)35-30(14)24(8)19(3)25(9)31(35)15;/h1-16H3;1H4. The zero-order chi connectivity index (χ0) is 27.5. The lowest BCUT2D eigenvalue weighted by molar-refractivity contribution is 1.13. The van der Waals surface area contributed by atoms with E-state index in [1.54, 1.807) is 0 Å². The molecule has 0 aromatic heterocycles. The molecular weight excluding hydrogens is 444 g/mol. The fourth-order valence-corrected chi connectivity index (χ4v) is 6.44. The molecule has 0 spiro atoms. The van der Waals surface area contributed by atoms with Crippen LogP contribution >= 0.6 is 0 Å². The Morgan fingerprint density at radius 1 is 0.270 bits per heavy atom. The van der Waals surface area contributed by atoms with Gasteiger partial charge in [0.05, 0.1) is 0 Å². The molecule has 37 heavy (non-hydrogen) atoms. The van der Waals surface area contributed by atoms with Gasteiger partial charge in [0.25, 0.3) is 0 Å². The third kappa shape index (κ3) is 4.52. The van der Waals surface area contributed by atoms with Crippen molar-refractivity contribution in [3.63, 3.8) is 0 Å². The van der Waals surface area contributed by atoms with Crippen LogP contribution in [0.5, 0.6) is 0 Å². The summed E-state index contributed by atoms with van der Waals surface area (Å²) in [4.78, 5) is 0. The topological polar surface area (TPSA) is 0 Å². The second-order valence-corrected chi connectivity index (χ2v) is 11.5. The summed E-state index contributed by atoms with van der Waals surface area (Å²) in [6.07, 6.45) is 0. The van der Waals surface area contributed by atoms with E-state index in [1.165, 1.54) is 111 Å². The highest BCUT2D eigenvalue weighted by Crippen LogP contribution is 2.45. The van der Waals surface area contributed by atoms with Gasteiger partial charge in [0.1, 0.15) is 0 Å². The lowest BCUT2D eigenvalue weighted by Crippen LogP contribution is -2.10. The summed E-state index contributed by atoms with van der Waals surface area (Å²) >= 11 is 0. The molecular formula is C37H52. The highest BCUT2D eigenvalue weighted by Gasteiger charge is 2.26. The monoisotopic (exact) mass is 496 g/mol. The quantitative estimate of drug-likeness (QED) is 0.316. The van der Waals surface area contributed by atoms with Gasteiger partial charge < -0.3 is 0 Å². The molecule has 0 N–H and O–H groups in total. The summed E-state index contributed by atoms with van der Waals surface area (Å²) < 4.78 is 0. The molecule has 0 aliphatic rings. The van der Waals surface area contributed by atoms with Crippen LogP contribution in [0.4, 0.5) is 0 Å². The number of benzene rings is 3. The molecule has 3 aromatic carbocycles. The molecule has 0 aliphatic carbocycles. The normalized spacial score (nSPS) is 11.0. The van der Waals surface area contributed by atoms with Gasteiger partial charge in [-0.2, -0.15) is 0 Å². The van der Waals surface area contributed by atoms with Crippen LogP contribution in [0.1, 0.15) is 114 Å². The minimum atomic E-state index is 0. The van der Waals surface area contributed by atoms with Crippen molar-refractivity contribution in [2.45, 2.75) is 118 Å². The van der Waals surface area contributed by atoms with E-state index in [2.05, 4.69) is 111 Å². The molecule has 0 saturated carbocycles. The Balaban J connectivity index is 0.00000481. The van der Waals surface area contributed by atoms with Crippen LogP contribution in [0.2, 0.25) is 0 Å². The molecule has 0 amide bonds. The van der Waals surface area contributed by atoms with Gasteiger partial charge in [-0.1, -0.05) is 7.43 Å². The van der Waals surface area contributed by atoms with E-state index in [0.29, 0.717) is 0 Å². The number of allylic oxidation sites excluding steroid dienone is 1. The Morgan fingerprint density at radius 3 is 0.649 bits per heavy atom. The van der Waals surface area contributed by atoms with Gasteiger partial charge in [-0.15, -0.1) is 0 Å². The van der Waals surface area contributed by atoms with E-state index in [9.17, 15) is 0 Å². The van der Waals surface area contributed by atoms with E-state index in [0.717, 1.165) is 0 Å². The second-order valence-electron chi connectivity index (χ2n) is 11.5. The van der Waals surface area contributed by atoms with E-state index < -0.39 is 0 Å². The van der Waals surface area contributed by atoms with Crippen LogP contribution in [0.3, 0.4) is 0 Å². The Morgan fingerprint density at radius 2 is 0.432 bits per heavy atom. The van der Waals surface area contributed by atoms with Gasteiger partial charge in [-0.3, -0.25) is 0 Å². The van der Waals surface area contributed by atoms with Crippen molar-refractivity contribution in [3.05, 3.63) is 100 Å². The molecule has 0 aliphatic heterocycles. The molecule has 0 unspecified atom stereocenters. The van der Waals surface area contributed by atoms with Crippen molar-refractivity contribution in [2.75, 3.05) is 0 Å². The summed E-state index contributed by atoms with van der Waals surface area (Å²) in [5.74, 6) is 0. The predicted molar refractivity (Wildman–Crippen MR) is 169 cm³/mol. The Labute approximate surface area is 229 Å². The highest BCUT2D eigenvalue weighted by atomic mass is 14.3. The van der Waals surface area contributed by atoms with Crippen molar-refractivity contribution in [3.8, 4) is 0 Å². The molecule has 0 atom stereocenters.